The molecular formula is C10H16O5. The summed E-state index contributed by atoms with van der Waals surface area (Å²) in [5, 5.41) is 8.63. The van der Waals surface area contributed by atoms with Crippen molar-refractivity contribution in [2.24, 2.45) is 11.8 Å². The van der Waals surface area contributed by atoms with Crippen LogP contribution in [-0.4, -0.2) is 36.4 Å². The SMILES string of the molecule is CCC(OCCO)C1C(=O)OC(=O)C1C. The van der Waals surface area contributed by atoms with Crippen LogP contribution in [0.25, 0.3) is 0 Å². The lowest BCUT2D eigenvalue weighted by molar-refractivity contribution is -0.155. The fourth-order valence-electron chi connectivity index (χ4n) is 1.76. The Morgan fingerprint density at radius 1 is 1.47 bits per heavy atom. The molecule has 0 amide bonds. The zero-order valence-corrected chi connectivity index (χ0v) is 8.93. The molecule has 0 aliphatic carbocycles. The molecule has 3 unspecified atom stereocenters. The van der Waals surface area contributed by atoms with Gasteiger partial charge >= 0.3 is 11.9 Å². The number of cyclic esters (lactones) is 2. The number of aliphatic hydroxyl groups excluding tert-OH is 1. The van der Waals surface area contributed by atoms with E-state index in [4.69, 9.17) is 9.84 Å². The lowest BCUT2D eigenvalue weighted by atomic mass is 9.90. The van der Waals surface area contributed by atoms with Gasteiger partial charge in [-0.25, -0.2) is 0 Å². The zero-order valence-electron chi connectivity index (χ0n) is 8.93. The Kier molecular flexibility index (Phi) is 4.23. The van der Waals surface area contributed by atoms with Gasteiger partial charge in [-0.3, -0.25) is 9.59 Å². The second-order valence-corrected chi connectivity index (χ2v) is 3.60. The van der Waals surface area contributed by atoms with Crippen LogP contribution in [0.5, 0.6) is 0 Å². The van der Waals surface area contributed by atoms with E-state index in [1.54, 1.807) is 6.92 Å². The van der Waals surface area contributed by atoms with E-state index in [9.17, 15) is 9.59 Å². The molecule has 3 atom stereocenters. The number of carbonyl (C=O) groups excluding carboxylic acids is 2. The highest BCUT2D eigenvalue weighted by Gasteiger charge is 2.45. The summed E-state index contributed by atoms with van der Waals surface area (Å²) in [7, 11) is 0. The fraction of sp³-hybridized carbons (Fsp3) is 0.800. The molecule has 86 valence electrons. The summed E-state index contributed by atoms with van der Waals surface area (Å²) in [5.41, 5.74) is 0. The molecule has 1 heterocycles. The maximum Gasteiger partial charge on any atom is 0.320 e. The van der Waals surface area contributed by atoms with Gasteiger partial charge in [0.15, 0.2) is 0 Å². The molecule has 1 aliphatic heterocycles. The third-order valence-electron chi connectivity index (χ3n) is 2.61. The van der Waals surface area contributed by atoms with Gasteiger partial charge in [0.2, 0.25) is 0 Å². The Labute approximate surface area is 88.4 Å². The second kappa shape index (κ2) is 5.23. The van der Waals surface area contributed by atoms with Crippen molar-refractivity contribution in [2.75, 3.05) is 13.2 Å². The molecule has 5 nitrogen and oxygen atoms in total. The van der Waals surface area contributed by atoms with Crippen LogP contribution in [0.2, 0.25) is 0 Å². The Bertz CT molecular complexity index is 250. The molecule has 1 aliphatic rings. The summed E-state index contributed by atoms with van der Waals surface area (Å²) in [6.07, 6.45) is 0.253. The predicted molar refractivity (Wildman–Crippen MR) is 50.9 cm³/mol. The molecule has 0 radical (unpaired) electrons. The molecule has 0 saturated carbocycles. The van der Waals surface area contributed by atoms with Crippen molar-refractivity contribution in [3.8, 4) is 0 Å². The van der Waals surface area contributed by atoms with Gasteiger partial charge in [-0.2, -0.15) is 0 Å². The van der Waals surface area contributed by atoms with Gasteiger partial charge in [0.1, 0.15) is 0 Å². The van der Waals surface area contributed by atoms with Gasteiger partial charge in [0.05, 0.1) is 31.2 Å². The van der Waals surface area contributed by atoms with Crippen molar-refractivity contribution in [3.05, 3.63) is 0 Å². The maximum absolute atomic E-state index is 11.4. The van der Waals surface area contributed by atoms with E-state index in [2.05, 4.69) is 4.74 Å². The van der Waals surface area contributed by atoms with Crippen molar-refractivity contribution >= 4 is 11.9 Å². The summed E-state index contributed by atoms with van der Waals surface area (Å²) >= 11 is 0. The number of hydrogen-bond donors (Lipinski definition) is 1. The van der Waals surface area contributed by atoms with Crippen LogP contribution in [-0.2, 0) is 19.1 Å². The van der Waals surface area contributed by atoms with Crippen LogP contribution in [0.15, 0.2) is 0 Å². The quantitative estimate of drug-likeness (QED) is 0.521. The van der Waals surface area contributed by atoms with E-state index in [-0.39, 0.29) is 19.3 Å². The summed E-state index contributed by atoms with van der Waals surface area (Å²) < 4.78 is 9.84. The molecule has 1 fully saturated rings. The molecule has 0 bridgehead atoms. The average Bonchev–Trinajstić information content (AvgIpc) is 2.45. The predicted octanol–water partition coefficient (Wildman–Crippen LogP) is 0.110. The van der Waals surface area contributed by atoms with Crippen LogP contribution in [0, 0.1) is 11.8 Å². The van der Waals surface area contributed by atoms with E-state index in [1.165, 1.54) is 0 Å². The van der Waals surface area contributed by atoms with Crippen LogP contribution in [0.1, 0.15) is 20.3 Å². The Balaban J connectivity index is 2.66. The lowest BCUT2D eigenvalue weighted by Crippen LogP contribution is -2.32. The van der Waals surface area contributed by atoms with E-state index < -0.39 is 23.8 Å². The third-order valence-corrected chi connectivity index (χ3v) is 2.61. The van der Waals surface area contributed by atoms with E-state index >= 15 is 0 Å². The van der Waals surface area contributed by atoms with Crippen LogP contribution < -0.4 is 0 Å². The molecule has 15 heavy (non-hydrogen) atoms. The van der Waals surface area contributed by atoms with E-state index in [1.807, 2.05) is 6.92 Å². The zero-order chi connectivity index (χ0) is 11.4. The fourth-order valence-corrected chi connectivity index (χ4v) is 1.76. The van der Waals surface area contributed by atoms with Crippen molar-refractivity contribution in [3.63, 3.8) is 0 Å². The standard InChI is InChI=1S/C10H16O5/c1-3-7(14-5-4-11)8-6(2)9(12)15-10(8)13/h6-8,11H,3-5H2,1-2H3. The number of rotatable bonds is 5. The van der Waals surface area contributed by atoms with Gasteiger partial charge in [0, 0.05) is 0 Å². The van der Waals surface area contributed by atoms with Crippen LogP contribution in [0.4, 0.5) is 0 Å². The Morgan fingerprint density at radius 2 is 2.13 bits per heavy atom. The molecule has 1 saturated heterocycles. The van der Waals surface area contributed by atoms with Gasteiger partial charge < -0.3 is 14.6 Å². The number of esters is 2. The van der Waals surface area contributed by atoms with Crippen LogP contribution >= 0.6 is 0 Å². The second-order valence-electron chi connectivity index (χ2n) is 3.60. The molecule has 1 N–H and O–H groups in total. The number of hydrogen-bond acceptors (Lipinski definition) is 5. The van der Waals surface area contributed by atoms with Gasteiger partial charge in [-0.05, 0) is 6.42 Å². The van der Waals surface area contributed by atoms with Gasteiger partial charge in [-0.1, -0.05) is 13.8 Å². The van der Waals surface area contributed by atoms with Gasteiger partial charge in [0.25, 0.3) is 0 Å². The molecule has 1 rings (SSSR count). The average molecular weight is 216 g/mol. The highest BCUT2D eigenvalue weighted by Crippen LogP contribution is 2.29. The van der Waals surface area contributed by atoms with Crippen molar-refractivity contribution < 1.29 is 24.2 Å². The summed E-state index contributed by atoms with van der Waals surface area (Å²) in [6.45, 7) is 3.59. The summed E-state index contributed by atoms with van der Waals surface area (Å²) in [6, 6.07) is 0. The third kappa shape index (κ3) is 2.54. The summed E-state index contributed by atoms with van der Waals surface area (Å²) in [4.78, 5) is 22.5. The van der Waals surface area contributed by atoms with Crippen molar-refractivity contribution in [1.29, 1.82) is 0 Å². The number of carbonyl (C=O) groups is 2. The minimum atomic E-state index is -0.533. The highest BCUT2D eigenvalue weighted by atomic mass is 16.6. The van der Waals surface area contributed by atoms with Gasteiger partial charge in [-0.15, -0.1) is 0 Å². The largest absolute Gasteiger partial charge is 0.394 e. The lowest BCUT2D eigenvalue weighted by Gasteiger charge is -2.21. The molecule has 0 aromatic rings. The number of aliphatic hydroxyl groups is 1. The maximum atomic E-state index is 11.4. The minimum absolute atomic E-state index is 0.0966. The first-order chi connectivity index (χ1) is 7.11. The first-order valence-electron chi connectivity index (χ1n) is 5.09. The first kappa shape index (κ1) is 12.1. The Hall–Kier alpha value is -0.940. The van der Waals surface area contributed by atoms with Crippen molar-refractivity contribution in [1.82, 2.24) is 0 Å². The minimum Gasteiger partial charge on any atom is -0.394 e. The van der Waals surface area contributed by atoms with Crippen molar-refractivity contribution in [2.45, 2.75) is 26.4 Å². The summed E-state index contributed by atoms with van der Waals surface area (Å²) in [5.74, 6) is -2.00. The smallest absolute Gasteiger partial charge is 0.320 e. The molecule has 0 spiro atoms. The molecular weight excluding hydrogens is 200 g/mol. The first-order valence-corrected chi connectivity index (χ1v) is 5.09. The highest BCUT2D eigenvalue weighted by molar-refractivity contribution is 5.96. The van der Waals surface area contributed by atoms with E-state index in [0.717, 1.165) is 0 Å². The molecule has 0 aromatic carbocycles. The molecule has 5 heteroatoms. The Morgan fingerprint density at radius 3 is 2.53 bits per heavy atom. The van der Waals surface area contributed by atoms with Crippen LogP contribution in [0.3, 0.4) is 0 Å². The van der Waals surface area contributed by atoms with E-state index in [0.29, 0.717) is 6.42 Å². The number of ether oxygens (including phenoxy) is 2. The normalized spacial score (nSPS) is 27.9. The monoisotopic (exact) mass is 216 g/mol. The molecule has 0 aromatic heterocycles. The topological polar surface area (TPSA) is 72.8 Å².